The summed E-state index contributed by atoms with van der Waals surface area (Å²) < 4.78 is 4.02. The van der Waals surface area contributed by atoms with E-state index in [0.717, 1.165) is 0 Å². The molecule has 2 nitrogen and oxygen atoms in total. The minimum Gasteiger partial charge on any atom is -0.517 e. The molecule has 0 aliphatic rings. The fourth-order valence-corrected chi connectivity index (χ4v) is 0. The maximum Gasteiger partial charge on any atom is 0.389 e. The molecule has 0 aromatic carbocycles. The van der Waals surface area contributed by atoms with Crippen molar-refractivity contribution in [2.24, 2.45) is 0 Å². The van der Waals surface area contributed by atoms with Crippen molar-refractivity contribution in [3.05, 3.63) is 0 Å². The number of hydrogen-bond acceptors (Lipinski definition) is 2. The second-order valence-electron chi connectivity index (χ2n) is 0.442. The predicted octanol–water partition coefficient (Wildman–Crippen LogP) is -0.358. The van der Waals surface area contributed by atoms with Crippen molar-refractivity contribution in [3.63, 3.8) is 0 Å². The van der Waals surface area contributed by atoms with Gasteiger partial charge in [0.2, 0.25) is 10.5 Å². The van der Waals surface area contributed by atoms with Crippen LogP contribution in [0.2, 0.25) is 0 Å². The summed E-state index contributed by atoms with van der Waals surface area (Å²) in [5.74, 6) is 0. The first-order valence-electron chi connectivity index (χ1n) is 1.01. The van der Waals surface area contributed by atoms with Gasteiger partial charge in [0.15, 0.2) is 0 Å². The monoisotopic (exact) mass is 110 g/mol. The van der Waals surface area contributed by atoms with Gasteiger partial charge >= 0.3 is 5.43 Å². The summed E-state index contributed by atoms with van der Waals surface area (Å²) in [6, 6.07) is 0. The summed E-state index contributed by atoms with van der Waals surface area (Å²) in [6.07, 6.45) is 0. The molecule has 0 aliphatic heterocycles. The Balaban J connectivity index is 2.85. The van der Waals surface area contributed by atoms with Crippen LogP contribution in [0.5, 0.6) is 0 Å². The summed E-state index contributed by atoms with van der Waals surface area (Å²) in [4.78, 5) is 9.39. The van der Waals surface area contributed by atoms with Crippen LogP contribution in [0.25, 0.3) is 0 Å². The lowest BCUT2D eigenvalue weighted by atomic mass is 11.6. The van der Waals surface area contributed by atoms with Crippen LogP contribution in [0.4, 0.5) is 4.79 Å². The van der Waals surface area contributed by atoms with Crippen molar-refractivity contribution in [2.45, 2.75) is 0 Å². The third kappa shape index (κ3) is 3.98. The largest absolute Gasteiger partial charge is 0.517 e. The molecule has 0 N–H and O–H groups in total. The van der Waals surface area contributed by atoms with Crippen LogP contribution >= 0.6 is 11.6 Å². The number of carbonyl (C=O) groups is 1. The van der Waals surface area contributed by atoms with Crippen molar-refractivity contribution >= 4 is 27.5 Å². The Morgan fingerprint density at radius 2 is 2.20 bits per heavy atom. The van der Waals surface area contributed by atoms with E-state index in [9.17, 15) is 4.79 Å². The predicted molar refractivity (Wildman–Crippen MR) is 22.3 cm³/mol. The van der Waals surface area contributed by atoms with Crippen LogP contribution < -0.4 is 0 Å². The Kier molecular flexibility index (Phi) is 2.22. The molecule has 0 saturated heterocycles. The fraction of sp³-hybridized carbons (Fsp3) is 0. The lowest BCUT2D eigenvalue weighted by Gasteiger charge is -1.79. The van der Waals surface area contributed by atoms with Crippen LogP contribution in [0.15, 0.2) is 0 Å². The second-order valence-corrected chi connectivity index (χ2v) is 1.16. The van der Waals surface area contributed by atoms with E-state index >= 15 is 0 Å². The molecule has 5 heavy (non-hydrogen) atoms. The zero-order valence-corrected chi connectivity index (χ0v) is 5.45. The highest BCUT2D eigenvalue weighted by atomic mass is 35.5. The van der Waals surface area contributed by atoms with E-state index in [1.165, 1.54) is 0 Å². The minimum atomic E-state index is -0.711. The normalized spacial score (nSPS) is 7.40. The molecule has 0 radical (unpaired) electrons. The zero-order chi connectivity index (χ0) is 4.28. The van der Waals surface area contributed by atoms with Gasteiger partial charge in [0, 0.05) is 11.6 Å². The van der Waals surface area contributed by atoms with Crippen LogP contribution in [0, 0.1) is 0 Å². The minimum absolute atomic E-state index is 0.392. The first kappa shape index (κ1) is 4.98. The van der Waals surface area contributed by atoms with Gasteiger partial charge in [-0.15, -0.1) is 0 Å². The number of carbonyl (C=O) groups excluding carboxylic acids is 1. The highest BCUT2D eigenvalue weighted by molar-refractivity contribution is 6.62. The van der Waals surface area contributed by atoms with Crippen LogP contribution in [0.1, 0.15) is 0 Å². The Hall–Kier alpha value is -0.0231. The molecule has 0 spiro atoms. The van der Waals surface area contributed by atoms with Gasteiger partial charge in [-0.1, -0.05) is 0 Å². The van der Waals surface area contributed by atoms with Crippen molar-refractivity contribution < 1.29 is 9.22 Å². The fourth-order valence-electron chi connectivity index (χ4n) is 0. The number of rotatable bonds is 0. The molecule has 0 aromatic heterocycles. The Morgan fingerprint density at radius 1 is 2.00 bits per heavy atom. The first-order chi connectivity index (χ1) is 2.27. The van der Waals surface area contributed by atoms with Gasteiger partial charge in [-0.25, -0.2) is 4.79 Å². The Labute approximate surface area is 37.6 Å². The van der Waals surface area contributed by atoms with Crippen molar-refractivity contribution in [2.75, 3.05) is 0 Å². The van der Waals surface area contributed by atoms with Crippen LogP contribution in [-0.4, -0.2) is 15.9 Å². The summed E-state index contributed by atoms with van der Waals surface area (Å²) in [5, 5.41) is 0. The molecular weight excluding hydrogens is 108 g/mol. The lowest BCUT2D eigenvalue weighted by Crippen LogP contribution is -1.83. The van der Waals surface area contributed by atoms with E-state index in [1.54, 1.807) is 0 Å². The van der Waals surface area contributed by atoms with Crippen LogP contribution in [-0.2, 0) is 4.43 Å². The average molecular weight is 111 g/mol. The number of hydrogen-bond donors (Lipinski definition) is 0. The van der Waals surface area contributed by atoms with Gasteiger partial charge in [0.1, 0.15) is 0 Å². The van der Waals surface area contributed by atoms with Crippen LogP contribution in [0.3, 0.4) is 0 Å². The maximum atomic E-state index is 9.39. The van der Waals surface area contributed by atoms with Gasteiger partial charge in [-0.3, -0.25) is 0 Å². The highest BCUT2D eigenvalue weighted by Crippen LogP contribution is 1.77. The number of halogens is 1. The van der Waals surface area contributed by atoms with E-state index in [4.69, 9.17) is 0 Å². The second kappa shape index (κ2) is 2.23. The first-order valence-corrected chi connectivity index (χ1v) is 2.20. The van der Waals surface area contributed by atoms with E-state index < -0.39 is 5.43 Å². The third-order valence-electron chi connectivity index (χ3n) is 0.160. The zero-order valence-electron chi connectivity index (χ0n) is 2.69. The quantitative estimate of drug-likeness (QED) is 0.315. The third-order valence-corrected chi connectivity index (χ3v) is 0.944. The highest BCUT2D eigenvalue weighted by Gasteiger charge is 1.79. The van der Waals surface area contributed by atoms with Gasteiger partial charge in [0.25, 0.3) is 0 Å². The molecule has 0 aliphatic carbocycles. The summed E-state index contributed by atoms with van der Waals surface area (Å²) in [5.41, 5.74) is -0.711. The van der Waals surface area contributed by atoms with Gasteiger partial charge in [-0.05, 0) is 0 Å². The lowest BCUT2D eigenvalue weighted by molar-refractivity contribution is 0.229. The molecule has 0 aromatic rings. The van der Waals surface area contributed by atoms with E-state index in [2.05, 4.69) is 16.0 Å². The molecule has 0 saturated carbocycles. The SMILES string of the molecule is O=C(Cl)O[SiH3]. The topological polar surface area (TPSA) is 26.3 Å². The van der Waals surface area contributed by atoms with E-state index in [0.29, 0.717) is 10.5 Å². The van der Waals surface area contributed by atoms with Crippen molar-refractivity contribution in [1.29, 1.82) is 0 Å². The van der Waals surface area contributed by atoms with E-state index in [-0.39, 0.29) is 0 Å². The van der Waals surface area contributed by atoms with Crippen molar-refractivity contribution in [3.8, 4) is 0 Å². The van der Waals surface area contributed by atoms with Crippen molar-refractivity contribution in [1.82, 2.24) is 0 Å². The summed E-state index contributed by atoms with van der Waals surface area (Å²) >= 11 is 4.64. The molecule has 4 heteroatoms. The standard InChI is InChI=1S/CH3ClO2Si/c2-1(3)4-5/h5H3. The average Bonchev–Trinajstić information content (AvgIpc) is 1.38. The maximum absolute atomic E-state index is 9.39. The smallest absolute Gasteiger partial charge is 0.389 e. The molecule has 0 bridgehead atoms. The molecule has 0 atom stereocenters. The molecule has 0 rings (SSSR count). The summed E-state index contributed by atoms with van der Waals surface area (Å²) in [6.45, 7) is 0. The van der Waals surface area contributed by atoms with Gasteiger partial charge in [0.05, 0.1) is 0 Å². The molecule has 0 amide bonds. The van der Waals surface area contributed by atoms with Gasteiger partial charge < -0.3 is 4.43 Å². The molecule has 30 valence electrons. The molecule has 0 unspecified atom stereocenters. The Morgan fingerprint density at radius 3 is 2.20 bits per heavy atom. The molecule has 0 fully saturated rings. The molecular formula is CH3ClO2Si. The molecule has 0 heterocycles. The van der Waals surface area contributed by atoms with Gasteiger partial charge in [-0.2, -0.15) is 0 Å². The van der Waals surface area contributed by atoms with E-state index in [1.807, 2.05) is 0 Å². The summed E-state index contributed by atoms with van der Waals surface area (Å²) in [7, 11) is 0.392. The Bertz CT molecular complexity index is 44.9.